The van der Waals surface area contributed by atoms with Gasteiger partial charge < -0.3 is 15.2 Å². The molecule has 0 amide bonds. The highest BCUT2D eigenvalue weighted by molar-refractivity contribution is 5.06. The molecule has 0 spiro atoms. The SMILES string of the molecule is CC1CN(CC(CO)(NC2CC2)C2CC2)CCCO1. The summed E-state index contributed by atoms with van der Waals surface area (Å²) in [6.07, 6.45) is 6.56. The van der Waals surface area contributed by atoms with Gasteiger partial charge in [0.2, 0.25) is 0 Å². The lowest BCUT2D eigenvalue weighted by molar-refractivity contribution is 0.0507. The molecule has 2 unspecified atom stereocenters. The van der Waals surface area contributed by atoms with E-state index in [4.69, 9.17) is 4.74 Å². The van der Waals surface area contributed by atoms with Crippen LogP contribution in [0.25, 0.3) is 0 Å². The third-order valence-electron chi connectivity index (χ3n) is 4.75. The van der Waals surface area contributed by atoms with E-state index in [1.54, 1.807) is 0 Å². The molecule has 1 heterocycles. The first-order valence-corrected chi connectivity index (χ1v) is 7.94. The smallest absolute Gasteiger partial charge is 0.0673 e. The second-order valence-corrected chi connectivity index (χ2v) is 6.78. The molecule has 2 atom stereocenters. The molecule has 0 aromatic heterocycles. The number of ether oxygens (including phenoxy) is 1. The summed E-state index contributed by atoms with van der Waals surface area (Å²) in [7, 11) is 0. The van der Waals surface area contributed by atoms with Crippen LogP contribution in [0.2, 0.25) is 0 Å². The molecule has 4 heteroatoms. The predicted octanol–water partition coefficient (Wildman–Crippen LogP) is 0.990. The van der Waals surface area contributed by atoms with Crippen LogP contribution < -0.4 is 5.32 Å². The Balaban J connectivity index is 1.64. The van der Waals surface area contributed by atoms with Gasteiger partial charge in [-0.05, 0) is 44.9 Å². The summed E-state index contributed by atoms with van der Waals surface area (Å²) in [6.45, 7) is 6.40. The Hall–Kier alpha value is -0.160. The van der Waals surface area contributed by atoms with Gasteiger partial charge in [-0.1, -0.05) is 0 Å². The van der Waals surface area contributed by atoms with Crippen LogP contribution in [0.4, 0.5) is 0 Å². The summed E-state index contributed by atoms with van der Waals surface area (Å²) >= 11 is 0. The molecule has 110 valence electrons. The Bertz CT molecular complexity index is 305. The highest BCUT2D eigenvalue weighted by Crippen LogP contribution is 2.42. The molecule has 1 aliphatic heterocycles. The first kappa shape index (κ1) is 13.8. The van der Waals surface area contributed by atoms with Crippen LogP contribution in [0.15, 0.2) is 0 Å². The predicted molar refractivity (Wildman–Crippen MR) is 75.2 cm³/mol. The normalized spacial score (nSPS) is 32.8. The molecule has 1 saturated heterocycles. The zero-order chi connectivity index (χ0) is 13.3. The highest BCUT2D eigenvalue weighted by Gasteiger charge is 2.48. The summed E-state index contributed by atoms with van der Waals surface area (Å²) in [5.74, 6) is 0.678. The maximum atomic E-state index is 10.0. The Morgan fingerprint density at radius 3 is 2.74 bits per heavy atom. The number of aliphatic hydroxyl groups is 1. The monoisotopic (exact) mass is 268 g/mol. The van der Waals surface area contributed by atoms with Crippen LogP contribution in [0.1, 0.15) is 39.0 Å². The lowest BCUT2D eigenvalue weighted by Gasteiger charge is -2.38. The fraction of sp³-hybridized carbons (Fsp3) is 1.00. The van der Waals surface area contributed by atoms with Crippen LogP contribution in [0.3, 0.4) is 0 Å². The van der Waals surface area contributed by atoms with Crippen LogP contribution in [-0.2, 0) is 4.74 Å². The van der Waals surface area contributed by atoms with Gasteiger partial charge in [-0.15, -0.1) is 0 Å². The summed E-state index contributed by atoms with van der Waals surface area (Å²) < 4.78 is 5.73. The average molecular weight is 268 g/mol. The topological polar surface area (TPSA) is 44.7 Å². The van der Waals surface area contributed by atoms with E-state index in [0.29, 0.717) is 18.1 Å². The highest BCUT2D eigenvalue weighted by atomic mass is 16.5. The van der Waals surface area contributed by atoms with Crippen molar-refractivity contribution in [1.82, 2.24) is 10.2 Å². The molecule has 3 rings (SSSR count). The van der Waals surface area contributed by atoms with Crippen molar-refractivity contribution in [3.63, 3.8) is 0 Å². The molecule has 3 aliphatic rings. The molecule has 0 aromatic carbocycles. The van der Waals surface area contributed by atoms with E-state index in [-0.39, 0.29) is 12.1 Å². The zero-order valence-electron chi connectivity index (χ0n) is 12.1. The van der Waals surface area contributed by atoms with Crippen molar-refractivity contribution in [2.75, 3.05) is 32.8 Å². The number of nitrogens with zero attached hydrogens (tertiary/aromatic N) is 1. The molecule has 0 aromatic rings. The van der Waals surface area contributed by atoms with E-state index >= 15 is 0 Å². The van der Waals surface area contributed by atoms with Crippen molar-refractivity contribution in [1.29, 1.82) is 0 Å². The number of nitrogens with one attached hydrogen (secondary N) is 1. The summed E-state index contributed by atoms with van der Waals surface area (Å²) in [6, 6.07) is 0.661. The molecular formula is C15H28N2O2. The fourth-order valence-electron chi connectivity index (χ4n) is 3.41. The summed E-state index contributed by atoms with van der Waals surface area (Å²) in [4.78, 5) is 2.50. The Morgan fingerprint density at radius 1 is 1.32 bits per heavy atom. The number of rotatable bonds is 6. The molecule has 0 radical (unpaired) electrons. The van der Waals surface area contributed by atoms with E-state index in [1.165, 1.54) is 25.7 Å². The van der Waals surface area contributed by atoms with Gasteiger partial charge in [0.05, 0.1) is 18.2 Å². The molecule has 19 heavy (non-hydrogen) atoms. The maximum absolute atomic E-state index is 10.0. The molecule has 2 N–H and O–H groups in total. The Kier molecular flexibility index (Phi) is 4.13. The number of aliphatic hydroxyl groups excluding tert-OH is 1. The van der Waals surface area contributed by atoms with Gasteiger partial charge in [-0.3, -0.25) is 4.90 Å². The lowest BCUT2D eigenvalue weighted by Crippen LogP contribution is -2.59. The van der Waals surface area contributed by atoms with Crippen LogP contribution in [0.5, 0.6) is 0 Å². The van der Waals surface area contributed by atoms with E-state index < -0.39 is 0 Å². The molecule has 0 bridgehead atoms. The molecular weight excluding hydrogens is 240 g/mol. The maximum Gasteiger partial charge on any atom is 0.0673 e. The number of hydrogen-bond donors (Lipinski definition) is 2. The van der Waals surface area contributed by atoms with Gasteiger partial charge in [0, 0.05) is 32.3 Å². The quantitative estimate of drug-likeness (QED) is 0.754. The van der Waals surface area contributed by atoms with Crippen molar-refractivity contribution >= 4 is 0 Å². The van der Waals surface area contributed by atoms with E-state index in [1.807, 2.05) is 0 Å². The molecule has 4 nitrogen and oxygen atoms in total. The van der Waals surface area contributed by atoms with Crippen molar-refractivity contribution in [2.45, 2.75) is 56.7 Å². The van der Waals surface area contributed by atoms with Gasteiger partial charge in [0.1, 0.15) is 0 Å². The van der Waals surface area contributed by atoms with Crippen LogP contribution >= 0.6 is 0 Å². The minimum atomic E-state index is -0.0504. The van der Waals surface area contributed by atoms with Crippen LogP contribution in [-0.4, -0.2) is 60.5 Å². The summed E-state index contributed by atoms with van der Waals surface area (Å²) in [5, 5.41) is 13.8. The van der Waals surface area contributed by atoms with Gasteiger partial charge in [0.15, 0.2) is 0 Å². The lowest BCUT2D eigenvalue weighted by atomic mass is 9.92. The standard InChI is InChI=1S/C15H28N2O2/c1-12-9-17(7-2-8-19-12)10-15(11-18,13-3-4-13)16-14-5-6-14/h12-14,16,18H,2-11H2,1H3. The average Bonchev–Trinajstić information content (AvgIpc) is 3.24. The van der Waals surface area contributed by atoms with Gasteiger partial charge in [-0.25, -0.2) is 0 Å². The minimum Gasteiger partial charge on any atom is -0.394 e. The van der Waals surface area contributed by atoms with Gasteiger partial charge in [0.25, 0.3) is 0 Å². The zero-order valence-corrected chi connectivity index (χ0v) is 12.1. The Morgan fingerprint density at radius 2 is 2.11 bits per heavy atom. The van der Waals surface area contributed by atoms with Crippen molar-refractivity contribution in [3.8, 4) is 0 Å². The molecule has 3 fully saturated rings. The van der Waals surface area contributed by atoms with E-state index in [0.717, 1.165) is 32.7 Å². The first-order chi connectivity index (χ1) is 9.22. The van der Waals surface area contributed by atoms with Crippen molar-refractivity contribution in [2.24, 2.45) is 5.92 Å². The van der Waals surface area contributed by atoms with E-state index in [9.17, 15) is 5.11 Å². The van der Waals surface area contributed by atoms with E-state index in [2.05, 4.69) is 17.1 Å². The third kappa shape index (κ3) is 3.48. The largest absolute Gasteiger partial charge is 0.394 e. The molecule has 2 saturated carbocycles. The Labute approximate surface area is 116 Å². The second-order valence-electron chi connectivity index (χ2n) is 6.78. The number of hydrogen-bond acceptors (Lipinski definition) is 4. The van der Waals surface area contributed by atoms with Crippen LogP contribution in [0, 0.1) is 5.92 Å². The first-order valence-electron chi connectivity index (χ1n) is 7.94. The minimum absolute atomic E-state index is 0.0504. The third-order valence-corrected chi connectivity index (χ3v) is 4.75. The summed E-state index contributed by atoms with van der Waals surface area (Å²) in [5.41, 5.74) is -0.0504. The second kappa shape index (κ2) is 5.68. The fourth-order valence-corrected chi connectivity index (χ4v) is 3.41. The van der Waals surface area contributed by atoms with Gasteiger partial charge >= 0.3 is 0 Å². The van der Waals surface area contributed by atoms with Gasteiger partial charge in [-0.2, -0.15) is 0 Å². The van der Waals surface area contributed by atoms with Crippen molar-refractivity contribution in [3.05, 3.63) is 0 Å². The molecule has 2 aliphatic carbocycles. The van der Waals surface area contributed by atoms with Crippen molar-refractivity contribution < 1.29 is 9.84 Å².